The Morgan fingerprint density at radius 2 is 1.73 bits per heavy atom. The van der Waals surface area contributed by atoms with E-state index in [1.54, 1.807) is 30.4 Å². The van der Waals surface area contributed by atoms with E-state index in [2.05, 4.69) is 64.0 Å². The maximum Gasteiger partial charge on any atom is 0.250 e. The van der Waals surface area contributed by atoms with Gasteiger partial charge in [0.2, 0.25) is 5.91 Å². The molecule has 0 atom stereocenters. The largest absolute Gasteiger partial charge is 0.272 e. The fourth-order valence-electron chi connectivity index (χ4n) is 3.11. The third-order valence-electron chi connectivity index (χ3n) is 4.25. The first-order chi connectivity index (χ1) is 12.8. The maximum atomic E-state index is 12.2. The molecule has 1 amide bonds. The highest BCUT2D eigenvalue weighted by Crippen LogP contribution is 2.49. The van der Waals surface area contributed by atoms with Gasteiger partial charge in [-0.15, -0.1) is 11.8 Å². The van der Waals surface area contributed by atoms with Crippen LogP contribution in [0.4, 0.5) is 0 Å². The van der Waals surface area contributed by atoms with E-state index in [9.17, 15) is 4.79 Å². The van der Waals surface area contributed by atoms with Crippen molar-refractivity contribution < 1.29 is 4.79 Å². The molecule has 0 unspecified atom stereocenters. The molecule has 5 heteroatoms. The molecule has 2 aromatic carbocycles. The number of carbonyl (C=O) groups is 1. The number of fused-ring (bicyclic) bond motifs is 3. The molecule has 0 radical (unpaired) electrons. The molecule has 0 saturated carbocycles. The number of hydrazone groups is 1. The molecule has 0 saturated heterocycles. The molecule has 4 rings (SSSR count). The highest BCUT2D eigenvalue weighted by molar-refractivity contribution is 8.00. The van der Waals surface area contributed by atoms with Gasteiger partial charge in [0.25, 0.3) is 0 Å². The first-order valence-electron chi connectivity index (χ1n) is 8.35. The second-order valence-corrected chi connectivity index (χ2v) is 7.04. The van der Waals surface area contributed by atoms with Gasteiger partial charge in [0.15, 0.2) is 0 Å². The number of nitrogens with one attached hydrogen (secondary N) is 1. The fourth-order valence-corrected chi connectivity index (χ4v) is 4.26. The van der Waals surface area contributed by atoms with Gasteiger partial charge >= 0.3 is 0 Å². The lowest BCUT2D eigenvalue weighted by molar-refractivity contribution is -0.118. The van der Waals surface area contributed by atoms with Gasteiger partial charge in [-0.2, -0.15) is 5.10 Å². The minimum absolute atomic E-state index is 0.114. The molecule has 1 N–H and O–H groups in total. The van der Waals surface area contributed by atoms with Gasteiger partial charge in [0.05, 0.1) is 17.2 Å². The van der Waals surface area contributed by atoms with E-state index >= 15 is 0 Å². The number of carbonyl (C=O) groups excluding carboxylic acids is 1. The van der Waals surface area contributed by atoms with Crippen molar-refractivity contribution in [1.82, 2.24) is 10.4 Å². The molecule has 26 heavy (non-hydrogen) atoms. The van der Waals surface area contributed by atoms with Crippen molar-refractivity contribution in [3.8, 4) is 11.1 Å². The summed E-state index contributed by atoms with van der Waals surface area (Å²) in [5, 5.41) is 4.17. The third kappa shape index (κ3) is 3.39. The Balaban J connectivity index is 1.42. The van der Waals surface area contributed by atoms with Crippen LogP contribution in [0.5, 0.6) is 0 Å². The van der Waals surface area contributed by atoms with Crippen LogP contribution < -0.4 is 5.43 Å². The van der Waals surface area contributed by atoms with Crippen LogP contribution in [0.25, 0.3) is 11.1 Å². The van der Waals surface area contributed by atoms with E-state index in [0.29, 0.717) is 5.75 Å². The topological polar surface area (TPSA) is 54.4 Å². The molecular weight excluding hydrogens is 342 g/mol. The number of amides is 1. The van der Waals surface area contributed by atoms with E-state index < -0.39 is 0 Å². The number of rotatable bonds is 5. The van der Waals surface area contributed by atoms with Crippen molar-refractivity contribution in [3.63, 3.8) is 0 Å². The van der Waals surface area contributed by atoms with E-state index in [1.807, 2.05) is 12.1 Å². The number of aromatic nitrogens is 1. The van der Waals surface area contributed by atoms with E-state index in [0.717, 1.165) is 5.56 Å². The van der Waals surface area contributed by atoms with Crippen molar-refractivity contribution in [2.24, 2.45) is 5.10 Å². The van der Waals surface area contributed by atoms with Gasteiger partial charge in [-0.1, -0.05) is 54.6 Å². The van der Waals surface area contributed by atoms with E-state index in [4.69, 9.17) is 0 Å². The third-order valence-corrected chi connectivity index (χ3v) is 5.52. The van der Waals surface area contributed by atoms with Crippen LogP contribution in [0, 0.1) is 0 Å². The molecule has 3 aromatic rings. The summed E-state index contributed by atoms with van der Waals surface area (Å²) in [6.07, 6.45) is 4.98. The average molecular weight is 359 g/mol. The standard InChI is InChI=1S/C21H17N3OS/c25-20(24-23-13-15-6-5-11-22-12-15)14-26-21-18-9-3-1-7-16(18)17-8-2-4-10-19(17)21/h1-13,21H,14H2,(H,24,25)/b23-13+. The molecule has 0 aliphatic heterocycles. The van der Waals surface area contributed by atoms with E-state index in [1.165, 1.54) is 22.3 Å². The van der Waals surface area contributed by atoms with Crippen molar-refractivity contribution in [1.29, 1.82) is 0 Å². The quantitative estimate of drug-likeness (QED) is 0.553. The highest BCUT2D eigenvalue weighted by atomic mass is 32.2. The normalized spacial score (nSPS) is 12.8. The molecule has 1 heterocycles. The van der Waals surface area contributed by atoms with Crippen molar-refractivity contribution in [2.75, 3.05) is 5.75 Å². The molecule has 1 aliphatic carbocycles. The van der Waals surface area contributed by atoms with Gasteiger partial charge in [0.1, 0.15) is 0 Å². The van der Waals surface area contributed by atoms with Crippen LogP contribution in [0.3, 0.4) is 0 Å². The van der Waals surface area contributed by atoms with Crippen LogP contribution in [0.1, 0.15) is 21.9 Å². The number of nitrogens with zero attached hydrogens (tertiary/aromatic N) is 2. The second-order valence-electron chi connectivity index (χ2n) is 5.95. The Labute approximate surface area is 156 Å². The zero-order chi connectivity index (χ0) is 17.8. The summed E-state index contributed by atoms with van der Waals surface area (Å²) in [6.45, 7) is 0. The van der Waals surface area contributed by atoms with Crippen molar-refractivity contribution >= 4 is 23.9 Å². The van der Waals surface area contributed by atoms with Crippen molar-refractivity contribution in [2.45, 2.75) is 5.25 Å². The first-order valence-corrected chi connectivity index (χ1v) is 9.39. The Bertz CT molecular complexity index is 911. The summed E-state index contributed by atoms with van der Waals surface area (Å²) in [7, 11) is 0. The molecule has 0 fully saturated rings. The Kier molecular flexibility index (Phi) is 4.80. The smallest absolute Gasteiger partial charge is 0.250 e. The van der Waals surface area contributed by atoms with Crippen LogP contribution in [0.2, 0.25) is 0 Å². The van der Waals surface area contributed by atoms with Crippen LogP contribution >= 0.6 is 11.8 Å². The van der Waals surface area contributed by atoms with Gasteiger partial charge in [-0.05, 0) is 28.3 Å². The molecular formula is C21H17N3OS. The SMILES string of the molecule is O=C(CSC1c2ccccc2-c2ccccc21)N/N=C/c1cccnc1. The van der Waals surface area contributed by atoms with Crippen LogP contribution in [-0.2, 0) is 4.79 Å². The highest BCUT2D eigenvalue weighted by Gasteiger charge is 2.28. The minimum Gasteiger partial charge on any atom is -0.272 e. The molecule has 0 spiro atoms. The fraction of sp³-hybridized carbons (Fsp3) is 0.0952. The monoisotopic (exact) mass is 359 g/mol. The maximum absolute atomic E-state index is 12.2. The zero-order valence-electron chi connectivity index (χ0n) is 14.0. The number of hydrogen-bond acceptors (Lipinski definition) is 4. The summed E-state index contributed by atoms with van der Waals surface area (Å²) in [5.41, 5.74) is 8.49. The van der Waals surface area contributed by atoms with E-state index in [-0.39, 0.29) is 11.2 Å². The Morgan fingerprint density at radius 1 is 1.04 bits per heavy atom. The van der Waals surface area contributed by atoms with Gasteiger partial charge in [-0.25, -0.2) is 5.43 Å². The number of thioether (sulfide) groups is 1. The molecule has 4 nitrogen and oxygen atoms in total. The van der Waals surface area contributed by atoms with Crippen LogP contribution in [-0.4, -0.2) is 22.9 Å². The Hall–Kier alpha value is -2.92. The van der Waals surface area contributed by atoms with Crippen molar-refractivity contribution in [3.05, 3.63) is 89.7 Å². The van der Waals surface area contributed by atoms with Gasteiger partial charge < -0.3 is 0 Å². The zero-order valence-corrected chi connectivity index (χ0v) is 14.8. The summed E-state index contributed by atoms with van der Waals surface area (Å²) in [4.78, 5) is 16.2. The summed E-state index contributed by atoms with van der Waals surface area (Å²) >= 11 is 1.63. The predicted molar refractivity (Wildman–Crippen MR) is 106 cm³/mol. The van der Waals surface area contributed by atoms with Gasteiger partial charge in [-0.3, -0.25) is 9.78 Å². The molecule has 1 aliphatic rings. The summed E-state index contributed by atoms with van der Waals surface area (Å²) in [5.74, 6) is 0.231. The van der Waals surface area contributed by atoms with Gasteiger partial charge in [0, 0.05) is 18.0 Å². The Morgan fingerprint density at radius 3 is 2.38 bits per heavy atom. The average Bonchev–Trinajstić information content (AvgIpc) is 3.01. The lowest BCUT2D eigenvalue weighted by Crippen LogP contribution is -2.20. The summed E-state index contributed by atoms with van der Waals surface area (Å²) < 4.78 is 0. The van der Waals surface area contributed by atoms with Crippen LogP contribution in [0.15, 0.2) is 78.2 Å². The molecule has 0 bridgehead atoms. The number of benzene rings is 2. The minimum atomic E-state index is -0.114. The molecule has 1 aromatic heterocycles. The lowest BCUT2D eigenvalue weighted by Gasteiger charge is -2.12. The first kappa shape index (κ1) is 16.5. The lowest BCUT2D eigenvalue weighted by atomic mass is 10.1. The summed E-state index contributed by atoms with van der Waals surface area (Å²) in [6, 6.07) is 20.5. The molecule has 128 valence electrons. The number of pyridine rings is 1. The predicted octanol–water partition coefficient (Wildman–Crippen LogP) is 4.03. The number of hydrogen-bond donors (Lipinski definition) is 1. The second kappa shape index (κ2) is 7.54.